The van der Waals surface area contributed by atoms with E-state index in [9.17, 15) is 4.79 Å². The zero-order chi connectivity index (χ0) is 17.6. The molecule has 1 amide bonds. The molecule has 0 saturated carbocycles. The highest BCUT2D eigenvalue weighted by molar-refractivity contribution is 5.94. The number of piperazine rings is 1. The molecule has 1 heterocycles. The second kappa shape index (κ2) is 8.03. The number of carbonyl (C=O) groups excluding carboxylic acids is 1. The molecule has 1 saturated heterocycles. The first-order valence-corrected chi connectivity index (χ1v) is 8.48. The first kappa shape index (κ1) is 17.3. The fourth-order valence-electron chi connectivity index (χ4n) is 3.04. The van der Waals surface area contributed by atoms with E-state index in [-0.39, 0.29) is 5.91 Å². The predicted molar refractivity (Wildman–Crippen MR) is 97.2 cm³/mol. The average molecular weight is 340 g/mol. The normalized spacial score (nSPS) is 15.0. The third-order valence-corrected chi connectivity index (χ3v) is 4.54. The van der Waals surface area contributed by atoms with Gasteiger partial charge in [-0.2, -0.15) is 0 Å². The maximum Gasteiger partial charge on any atom is 0.254 e. The van der Waals surface area contributed by atoms with Crippen LogP contribution in [0, 0.1) is 0 Å². The van der Waals surface area contributed by atoms with Gasteiger partial charge >= 0.3 is 0 Å². The molecular formula is C20H24N2O3. The number of benzene rings is 2. The molecule has 0 atom stereocenters. The van der Waals surface area contributed by atoms with Crippen molar-refractivity contribution in [1.82, 2.24) is 9.80 Å². The van der Waals surface area contributed by atoms with E-state index in [1.54, 1.807) is 20.3 Å². The topological polar surface area (TPSA) is 42.0 Å². The molecule has 2 aromatic rings. The molecule has 0 spiro atoms. The Balaban J connectivity index is 1.54. The molecule has 0 N–H and O–H groups in total. The van der Waals surface area contributed by atoms with E-state index in [2.05, 4.69) is 17.0 Å². The maximum absolute atomic E-state index is 12.6. The highest BCUT2D eigenvalue weighted by atomic mass is 16.5. The Bertz CT molecular complexity index is 707. The molecule has 2 aromatic carbocycles. The van der Waals surface area contributed by atoms with Crippen LogP contribution in [0.1, 0.15) is 15.9 Å². The summed E-state index contributed by atoms with van der Waals surface area (Å²) in [4.78, 5) is 16.9. The smallest absolute Gasteiger partial charge is 0.254 e. The zero-order valence-corrected chi connectivity index (χ0v) is 14.8. The van der Waals surface area contributed by atoms with Crippen molar-refractivity contribution in [2.45, 2.75) is 6.54 Å². The molecule has 0 unspecified atom stereocenters. The van der Waals surface area contributed by atoms with Gasteiger partial charge < -0.3 is 14.4 Å². The van der Waals surface area contributed by atoms with Crippen LogP contribution < -0.4 is 9.47 Å². The molecule has 25 heavy (non-hydrogen) atoms. The van der Waals surface area contributed by atoms with Crippen molar-refractivity contribution in [2.24, 2.45) is 0 Å². The van der Waals surface area contributed by atoms with Gasteiger partial charge in [-0.3, -0.25) is 9.69 Å². The van der Waals surface area contributed by atoms with Crippen molar-refractivity contribution in [2.75, 3.05) is 40.4 Å². The van der Waals surface area contributed by atoms with Gasteiger partial charge in [0.25, 0.3) is 5.91 Å². The molecule has 1 fully saturated rings. The Kier molecular flexibility index (Phi) is 5.56. The van der Waals surface area contributed by atoms with E-state index in [1.807, 2.05) is 35.2 Å². The number of hydrogen-bond donors (Lipinski definition) is 0. The highest BCUT2D eigenvalue weighted by Gasteiger charge is 2.22. The molecular weight excluding hydrogens is 316 g/mol. The van der Waals surface area contributed by atoms with Gasteiger partial charge in [0.05, 0.1) is 14.2 Å². The molecule has 0 bridgehead atoms. The minimum absolute atomic E-state index is 0.0722. The van der Waals surface area contributed by atoms with Crippen LogP contribution in [0.3, 0.4) is 0 Å². The Morgan fingerprint density at radius 1 is 0.920 bits per heavy atom. The van der Waals surface area contributed by atoms with Crippen LogP contribution in [-0.4, -0.2) is 56.1 Å². The van der Waals surface area contributed by atoms with Crippen molar-refractivity contribution >= 4 is 5.91 Å². The van der Waals surface area contributed by atoms with Crippen LogP contribution in [0.15, 0.2) is 48.5 Å². The molecule has 0 aromatic heterocycles. The van der Waals surface area contributed by atoms with E-state index in [1.165, 1.54) is 5.56 Å². The Morgan fingerprint density at radius 2 is 1.60 bits per heavy atom. The quantitative estimate of drug-likeness (QED) is 0.839. The summed E-state index contributed by atoms with van der Waals surface area (Å²) in [5.74, 6) is 1.66. The van der Waals surface area contributed by atoms with Crippen molar-refractivity contribution in [3.05, 3.63) is 59.7 Å². The first-order chi connectivity index (χ1) is 12.2. The van der Waals surface area contributed by atoms with Crippen LogP contribution >= 0.6 is 0 Å². The van der Waals surface area contributed by atoms with Gasteiger partial charge in [-0.25, -0.2) is 0 Å². The lowest BCUT2D eigenvalue weighted by molar-refractivity contribution is 0.0628. The maximum atomic E-state index is 12.6. The Hall–Kier alpha value is -2.53. The summed E-state index contributed by atoms with van der Waals surface area (Å²) in [5.41, 5.74) is 1.94. The monoisotopic (exact) mass is 340 g/mol. The number of amides is 1. The number of carbonyl (C=O) groups is 1. The summed E-state index contributed by atoms with van der Waals surface area (Å²) >= 11 is 0. The van der Waals surface area contributed by atoms with Crippen molar-refractivity contribution in [1.29, 1.82) is 0 Å². The fraction of sp³-hybridized carbons (Fsp3) is 0.350. The molecule has 0 radical (unpaired) electrons. The standard InChI is InChI=1S/C20H24N2O3/c1-24-18-8-6-16(7-9-18)15-21-10-12-22(13-11-21)20(23)17-4-3-5-19(14-17)25-2/h3-9,14H,10-13,15H2,1-2H3. The second-order valence-electron chi connectivity index (χ2n) is 6.15. The van der Waals surface area contributed by atoms with Crippen LogP contribution in [0.5, 0.6) is 11.5 Å². The van der Waals surface area contributed by atoms with Gasteiger partial charge in [-0.15, -0.1) is 0 Å². The van der Waals surface area contributed by atoms with Gasteiger partial charge in [0.15, 0.2) is 0 Å². The largest absolute Gasteiger partial charge is 0.497 e. The summed E-state index contributed by atoms with van der Waals surface area (Å²) < 4.78 is 10.4. The lowest BCUT2D eigenvalue weighted by Crippen LogP contribution is -2.48. The van der Waals surface area contributed by atoms with Gasteiger partial charge in [-0.1, -0.05) is 18.2 Å². The Morgan fingerprint density at radius 3 is 2.24 bits per heavy atom. The van der Waals surface area contributed by atoms with Crippen molar-refractivity contribution in [3.63, 3.8) is 0 Å². The van der Waals surface area contributed by atoms with Crippen LogP contribution in [0.2, 0.25) is 0 Å². The lowest BCUT2D eigenvalue weighted by atomic mass is 10.1. The second-order valence-corrected chi connectivity index (χ2v) is 6.15. The molecule has 0 aliphatic carbocycles. The summed E-state index contributed by atoms with van der Waals surface area (Å²) in [6.45, 7) is 4.13. The fourth-order valence-corrected chi connectivity index (χ4v) is 3.04. The SMILES string of the molecule is COc1ccc(CN2CCN(C(=O)c3cccc(OC)c3)CC2)cc1. The molecule has 3 rings (SSSR count). The number of ether oxygens (including phenoxy) is 2. The summed E-state index contributed by atoms with van der Waals surface area (Å²) in [7, 11) is 3.29. The van der Waals surface area contributed by atoms with E-state index >= 15 is 0 Å². The summed E-state index contributed by atoms with van der Waals surface area (Å²) in [6.07, 6.45) is 0. The molecule has 1 aliphatic heterocycles. The lowest BCUT2D eigenvalue weighted by Gasteiger charge is -2.34. The van der Waals surface area contributed by atoms with Crippen molar-refractivity contribution < 1.29 is 14.3 Å². The molecule has 5 nitrogen and oxygen atoms in total. The summed E-state index contributed by atoms with van der Waals surface area (Å²) in [5, 5.41) is 0. The van der Waals surface area contributed by atoms with Crippen LogP contribution in [0.25, 0.3) is 0 Å². The molecule has 132 valence electrons. The molecule has 1 aliphatic rings. The van der Waals surface area contributed by atoms with Gasteiger partial charge in [-0.05, 0) is 35.9 Å². The zero-order valence-electron chi connectivity index (χ0n) is 14.8. The number of hydrogen-bond acceptors (Lipinski definition) is 4. The van der Waals surface area contributed by atoms with E-state index in [0.717, 1.165) is 38.5 Å². The van der Waals surface area contributed by atoms with Gasteiger partial charge in [0, 0.05) is 38.3 Å². The third-order valence-electron chi connectivity index (χ3n) is 4.54. The van der Waals surface area contributed by atoms with Crippen molar-refractivity contribution in [3.8, 4) is 11.5 Å². The van der Waals surface area contributed by atoms with E-state index < -0.39 is 0 Å². The number of nitrogens with zero attached hydrogens (tertiary/aromatic N) is 2. The minimum Gasteiger partial charge on any atom is -0.497 e. The highest BCUT2D eigenvalue weighted by Crippen LogP contribution is 2.17. The number of methoxy groups -OCH3 is 2. The Labute approximate surface area is 148 Å². The number of rotatable bonds is 5. The summed E-state index contributed by atoms with van der Waals surface area (Å²) in [6, 6.07) is 15.5. The van der Waals surface area contributed by atoms with Crippen LogP contribution in [-0.2, 0) is 6.54 Å². The average Bonchev–Trinajstić information content (AvgIpc) is 2.68. The van der Waals surface area contributed by atoms with E-state index in [4.69, 9.17) is 9.47 Å². The first-order valence-electron chi connectivity index (χ1n) is 8.48. The third kappa shape index (κ3) is 4.31. The minimum atomic E-state index is 0.0722. The predicted octanol–water partition coefficient (Wildman–Crippen LogP) is 2.66. The van der Waals surface area contributed by atoms with E-state index in [0.29, 0.717) is 11.3 Å². The van der Waals surface area contributed by atoms with Gasteiger partial charge in [0.2, 0.25) is 0 Å². The van der Waals surface area contributed by atoms with Gasteiger partial charge in [0.1, 0.15) is 11.5 Å². The molecule has 5 heteroatoms. The van der Waals surface area contributed by atoms with Crippen LogP contribution in [0.4, 0.5) is 0 Å².